The van der Waals surface area contributed by atoms with Gasteiger partial charge in [0.05, 0.1) is 5.52 Å². The zero-order valence-electron chi connectivity index (χ0n) is 9.60. The van der Waals surface area contributed by atoms with Gasteiger partial charge in [-0.15, -0.1) is 0 Å². The molecule has 0 aliphatic heterocycles. The molecule has 0 spiro atoms. The average molecular weight is 255 g/mol. The van der Waals surface area contributed by atoms with Crippen molar-refractivity contribution in [1.29, 1.82) is 0 Å². The third kappa shape index (κ3) is 2.29. The summed E-state index contributed by atoms with van der Waals surface area (Å²) in [5, 5.41) is 5.12. The van der Waals surface area contributed by atoms with Gasteiger partial charge in [0.1, 0.15) is 5.82 Å². The number of halogens is 1. The minimum absolute atomic E-state index is 0.729. The predicted molar refractivity (Wildman–Crippen MR) is 76.5 cm³/mol. The molecule has 0 atom stereocenters. The second-order valence-corrected chi connectivity index (χ2v) is 4.46. The van der Waals surface area contributed by atoms with Crippen LogP contribution in [0.3, 0.4) is 0 Å². The van der Waals surface area contributed by atoms with Gasteiger partial charge >= 0.3 is 0 Å². The first kappa shape index (κ1) is 11.1. The first-order chi connectivity index (χ1) is 8.81. The van der Waals surface area contributed by atoms with Gasteiger partial charge in [0, 0.05) is 16.1 Å². The van der Waals surface area contributed by atoms with Gasteiger partial charge in [0.2, 0.25) is 0 Å². The molecule has 0 amide bonds. The lowest BCUT2D eigenvalue weighted by Crippen LogP contribution is -1.93. The number of nitrogens with one attached hydrogen (secondary N) is 1. The Bertz CT molecular complexity index is 677. The van der Waals surface area contributed by atoms with Gasteiger partial charge in [-0.2, -0.15) is 0 Å². The summed E-state index contributed by atoms with van der Waals surface area (Å²) in [4.78, 5) is 4.55. The molecule has 3 heteroatoms. The van der Waals surface area contributed by atoms with E-state index >= 15 is 0 Å². The van der Waals surface area contributed by atoms with Gasteiger partial charge < -0.3 is 5.32 Å². The van der Waals surface area contributed by atoms with Crippen LogP contribution in [-0.2, 0) is 0 Å². The number of para-hydroxylation sites is 1. The van der Waals surface area contributed by atoms with Crippen molar-refractivity contribution in [3.63, 3.8) is 0 Å². The number of fused-ring (bicyclic) bond motifs is 1. The Labute approximate surface area is 110 Å². The third-order valence-electron chi connectivity index (χ3n) is 2.72. The molecule has 0 fully saturated rings. The summed E-state index contributed by atoms with van der Waals surface area (Å²) < 4.78 is 0. The van der Waals surface area contributed by atoms with Gasteiger partial charge in [-0.25, -0.2) is 4.98 Å². The zero-order chi connectivity index (χ0) is 12.4. The van der Waals surface area contributed by atoms with Gasteiger partial charge in [-0.3, -0.25) is 0 Å². The lowest BCUT2D eigenvalue weighted by atomic mass is 10.2. The molecule has 0 aliphatic rings. The highest BCUT2D eigenvalue weighted by atomic mass is 35.5. The number of aromatic nitrogens is 1. The van der Waals surface area contributed by atoms with Crippen LogP contribution in [0.25, 0.3) is 10.9 Å². The van der Waals surface area contributed by atoms with Crippen LogP contribution in [0.1, 0.15) is 0 Å². The van der Waals surface area contributed by atoms with E-state index in [4.69, 9.17) is 11.6 Å². The summed E-state index contributed by atoms with van der Waals surface area (Å²) in [6, 6.07) is 19.6. The van der Waals surface area contributed by atoms with Gasteiger partial charge in [0.25, 0.3) is 0 Å². The van der Waals surface area contributed by atoms with Crippen molar-refractivity contribution in [3.8, 4) is 0 Å². The van der Waals surface area contributed by atoms with E-state index in [0.717, 1.165) is 27.4 Å². The van der Waals surface area contributed by atoms with E-state index in [1.54, 1.807) is 0 Å². The maximum atomic E-state index is 5.85. The van der Waals surface area contributed by atoms with Crippen molar-refractivity contribution < 1.29 is 0 Å². The number of hydrogen-bond acceptors (Lipinski definition) is 2. The Kier molecular flexibility index (Phi) is 2.87. The molecule has 3 rings (SSSR count). The lowest BCUT2D eigenvalue weighted by Gasteiger charge is -2.06. The quantitative estimate of drug-likeness (QED) is 0.721. The molecule has 0 saturated heterocycles. The molecule has 88 valence electrons. The summed E-state index contributed by atoms with van der Waals surface area (Å²) in [6.45, 7) is 0. The van der Waals surface area contributed by atoms with Crippen LogP contribution < -0.4 is 5.32 Å². The highest BCUT2D eigenvalue weighted by Crippen LogP contribution is 2.20. The lowest BCUT2D eigenvalue weighted by molar-refractivity contribution is 1.37. The third-order valence-corrected chi connectivity index (χ3v) is 2.97. The van der Waals surface area contributed by atoms with Crippen molar-refractivity contribution in [2.45, 2.75) is 0 Å². The van der Waals surface area contributed by atoms with Crippen LogP contribution in [0.15, 0.2) is 60.7 Å². The molecule has 0 saturated carbocycles. The molecule has 0 aliphatic carbocycles. The minimum atomic E-state index is 0.729. The molecule has 1 N–H and O–H groups in total. The average Bonchev–Trinajstić information content (AvgIpc) is 2.41. The summed E-state index contributed by atoms with van der Waals surface area (Å²) in [7, 11) is 0. The van der Waals surface area contributed by atoms with E-state index in [1.807, 2.05) is 48.5 Å². The molecular formula is C15H11ClN2. The fraction of sp³-hybridized carbons (Fsp3) is 0. The van der Waals surface area contributed by atoms with E-state index in [2.05, 4.69) is 22.4 Å². The van der Waals surface area contributed by atoms with E-state index in [-0.39, 0.29) is 0 Å². The van der Waals surface area contributed by atoms with E-state index < -0.39 is 0 Å². The van der Waals surface area contributed by atoms with E-state index in [1.165, 1.54) is 0 Å². The van der Waals surface area contributed by atoms with Crippen molar-refractivity contribution in [2.75, 3.05) is 5.32 Å². The van der Waals surface area contributed by atoms with Crippen LogP contribution in [0, 0.1) is 0 Å². The number of nitrogens with zero attached hydrogens (tertiary/aromatic N) is 1. The monoisotopic (exact) mass is 254 g/mol. The number of rotatable bonds is 2. The molecular weight excluding hydrogens is 244 g/mol. The van der Waals surface area contributed by atoms with E-state index in [0.29, 0.717) is 0 Å². The molecule has 3 aromatic rings. The largest absolute Gasteiger partial charge is 0.340 e. The molecule has 18 heavy (non-hydrogen) atoms. The van der Waals surface area contributed by atoms with Crippen LogP contribution in [0.2, 0.25) is 5.02 Å². The maximum absolute atomic E-state index is 5.85. The van der Waals surface area contributed by atoms with E-state index in [9.17, 15) is 0 Å². The fourth-order valence-corrected chi connectivity index (χ4v) is 1.94. The van der Waals surface area contributed by atoms with Crippen LogP contribution >= 0.6 is 11.6 Å². The molecule has 1 heterocycles. The number of hydrogen-bond donors (Lipinski definition) is 1. The highest BCUT2D eigenvalue weighted by molar-refractivity contribution is 6.30. The number of anilines is 2. The summed E-state index contributed by atoms with van der Waals surface area (Å²) in [5.74, 6) is 0.830. The van der Waals surface area contributed by atoms with Crippen LogP contribution in [-0.4, -0.2) is 4.98 Å². The normalized spacial score (nSPS) is 10.5. The molecule has 0 radical (unpaired) electrons. The Hall–Kier alpha value is -2.06. The van der Waals surface area contributed by atoms with Crippen molar-refractivity contribution >= 4 is 34.0 Å². The Morgan fingerprint density at radius 2 is 1.61 bits per heavy atom. The number of benzene rings is 2. The first-order valence-electron chi connectivity index (χ1n) is 5.70. The Balaban J connectivity index is 1.92. The van der Waals surface area contributed by atoms with Crippen molar-refractivity contribution in [3.05, 3.63) is 65.7 Å². The Morgan fingerprint density at radius 1 is 0.833 bits per heavy atom. The first-order valence-corrected chi connectivity index (χ1v) is 6.07. The predicted octanol–water partition coefficient (Wildman–Crippen LogP) is 4.63. The fourth-order valence-electron chi connectivity index (χ4n) is 1.82. The summed E-state index contributed by atoms with van der Waals surface area (Å²) in [5.41, 5.74) is 1.96. The molecule has 2 aromatic carbocycles. The molecule has 0 unspecified atom stereocenters. The van der Waals surface area contributed by atoms with Gasteiger partial charge in [-0.1, -0.05) is 29.8 Å². The van der Waals surface area contributed by atoms with Crippen LogP contribution in [0.5, 0.6) is 0 Å². The SMILES string of the molecule is Clc1ccc(Nc2ccc3ccccc3n2)cc1. The van der Waals surface area contributed by atoms with Crippen molar-refractivity contribution in [1.82, 2.24) is 4.98 Å². The molecule has 2 nitrogen and oxygen atoms in total. The van der Waals surface area contributed by atoms with Crippen LogP contribution in [0.4, 0.5) is 11.5 Å². The topological polar surface area (TPSA) is 24.9 Å². The minimum Gasteiger partial charge on any atom is -0.340 e. The smallest absolute Gasteiger partial charge is 0.131 e. The maximum Gasteiger partial charge on any atom is 0.131 e. The Morgan fingerprint density at radius 3 is 2.44 bits per heavy atom. The van der Waals surface area contributed by atoms with Crippen molar-refractivity contribution in [2.24, 2.45) is 0 Å². The second-order valence-electron chi connectivity index (χ2n) is 4.02. The second kappa shape index (κ2) is 4.67. The molecule has 1 aromatic heterocycles. The summed E-state index contributed by atoms with van der Waals surface area (Å²) >= 11 is 5.85. The van der Waals surface area contributed by atoms with Gasteiger partial charge in [0.15, 0.2) is 0 Å². The standard InChI is InChI=1S/C15H11ClN2/c16-12-6-8-13(9-7-12)17-15-10-5-11-3-1-2-4-14(11)18-15/h1-10H,(H,17,18). The highest BCUT2D eigenvalue weighted by Gasteiger charge is 1.98. The summed E-state index contributed by atoms with van der Waals surface area (Å²) in [6.07, 6.45) is 0. The zero-order valence-corrected chi connectivity index (χ0v) is 10.4. The van der Waals surface area contributed by atoms with Gasteiger partial charge in [-0.05, 0) is 42.5 Å². The number of pyridine rings is 1. The molecule has 0 bridgehead atoms.